The number of ether oxygens (including phenoxy) is 5. The Balaban J connectivity index is 1.66. The van der Waals surface area contributed by atoms with Crippen molar-refractivity contribution in [1.29, 1.82) is 0 Å². The number of carbonyl (C=O) groups excluding carboxylic acids is 4. The molecule has 2 N–H and O–H groups in total. The van der Waals surface area contributed by atoms with E-state index in [0.29, 0.717) is 30.4 Å². The first-order valence-electron chi connectivity index (χ1n) is 16.9. The molecule has 0 radical (unpaired) electrons. The summed E-state index contributed by atoms with van der Waals surface area (Å²) in [5.74, 6) is -7.76. The Morgan fingerprint density at radius 2 is 1.71 bits per heavy atom. The van der Waals surface area contributed by atoms with Crippen molar-refractivity contribution >= 4 is 23.9 Å². The fraction of sp³-hybridized carbons (Fsp3) is 0.722. The molecule has 4 fully saturated rings. The third-order valence-corrected chi connectivity index (χ3v) is 12.8. The fourth-order valence-electron chi connectivity index (χ4n) is 10.2. The molecule has 1 aromatic rings. The summed E-state index contributed by atoms with van der Waals surface area (Å²) in [6.07, 6.45) is 1.37. The normalized spacial score (nSPS) is 42.6. The Bertz CT molecular complexity index is 1550. The summed E-state index contributed by atoms with van der Waals surface area (Å²) >= 11 is 0. The van der Waals surface area contributed by atoms with Gasteiger partial charge in [-0.25, -0.2) is 4.79 Å². The number of fused-ring (bicyclic) bond motifs is 2. The molecule has 48 heavy (non-hydrogen) atoms. The molecule has 1 aromatic heterocycles. The van der Waals surface area contributed by atoms with Crippen LogP contribution in [-0.2, 0) is 42.9 Å². The lowest BCUT2D eigenvalue weighted by molar-refractivity contribution is -0.386. The molecule has 3 aliphatic heterocycles. The zero-order valence-electron chi connectivity index (χ0n) is 29.2. The molecule has 0 aromatic carbocycles. The van der Waals surface area contributed by atoms with Gasteiger partial charge in [0.05, 0.1) is 31.5 Å². The molecule has 2 aliphatic carbocycles. The summed E-state index contributed by atoms with van der Waals surface area (Å²) in [6, 6.07) is 1.70. The van der Waals surface area contributed by atoms with Gasteiger partial charge in [0.2, 0.25) is 5.79 Å². The van der Waals surface area contributed by atoms with Gasteiger partial charge in [-0.15, -0.1) is 0 Å². The number of hydrogen-bond donors (Lipinski definition) is 2. The van der Waals surface area contributed by atoms with Crippen molar-refractivity contribution in [3.8, 4) is 0 Å². The van der Waals surface area contributed by atoms with Gasteiger partial charge in [-0.05, 0) is 36.8 Å². The number of esters is 4. The molecule has 11 atom stereocenters. The van der Waals surface area contributed by atoms with Crippen LogP contribution < -0.4 is 0 Å². The maximum absolute atomic E-state index is 13.6. The fourth-order valence-corrected chi connectivity index (χ4v) is 10.2. The third-order valence-electron chi connectivity index (χ3n) is 12.8. The second-order valence-electron chi connectivity index (χ2n) is 15.8. The predicted molar refractivity (Wildman–Crippen MR) is 166 cm³/mol. The molecule has 1 spiro atoms. The predicted octanol–water partition coefficient (Wildman–Crippen LogP) is 4.17. The van der Waals surface area contributed by atoms with E-state index in [1.807, 2.05) is 13.8 Å². The number of furan rings is 1. The average Bonchev–Trinajstić information content (AvgIpc) is 3.68. The highest BCUT2D eigenvalue weighted by Gasteiger charge is 2.96. The molecule has 0 unspecified atom stereocenters. The average molecular weight is 673 g/mol. The van der Waals surface area contributed by atoms with E-state index in [0.717, 1.165) is 0 Å². The minimum Gasteiger partial charge on any atom is -0.472 e. The van der Waals surface area contributed by atoms with Gasteiger partial charge in [0.15, 0.2) is 11.7 Å². The molecular formula is C36H48O12. The van der Waals surface area contributed by atoms with E-state index in [4.69, 9.17) is 28.1 Å². The van der Waals surface area contributed by atoms with Crippen LogP contribution in [0.15, 0.2) is 34.7 Å². The molecule has 264 valence electrons. The van der Waals surface area contributed by atoms with Gasteiger partial charge in [0, 0.05) is 40.2 Å². The van der Waals surface area contributed by atoms with E-state index in [2.05, 4.69) is 0 Å². The largest absolute Gasteiger partial charge is 0.472 e. The minimum absolute atomic E-state index is 0.196. The monoisotopic (exact) mass is 672 g/mol. The first-order chi connectivity index (χ1) is 22.3. The smallest absolute Gasteiger partial charge is 0.331 e. The summed E-state index contributed by atoms with van der Waals surface area (Å²) in [4.78, 5) is 53.8. The van der Waals surface area contributed by atoms with Crippen molar-refractivity contribution in [3.63, 3.8) is 0 Å². The first kappa shape index (κ1) is 34.6. The summed E-state index contributed by atoms with van der Waals surface area (Å²) in [5.41, 5.74) is -6.93. The molecule has 12 heteroatoms. The van der Waals surface area contributed by atoms with Crippen LogP contribution in [0, 0.1) is 39.9 Å². The van der Waals surface area contributed by atoms with Gasteiger partial charge in [-0.1, -0.05) is 55.4 Å². The van der Waals surface area contributed by atoms with Crippen LogP contribution in [0.5, 0.6) is 0 Å². The number of cyclic esters (lactones) is 1. The van der Waals surface area contributed by atoms with Crippen LogP contribution in [0.2, 0.25) is 0 Å². The van der Waals surface area contributed by atoms with Crippen LogP contribution in [0.4, 0.5) is 0 Å². The third kappa shape index (κ3) is 4.05. The Morgan fingerprint density at radius 1 is 1.04 bits per heavy atom. The summed E-state index contributed by atoms with van der Waals surface area (Å²) in [5, 5.41) is 26.5. The molecule has 6 rings (SSSR count). The van der Waals surface area contributed by atoms with Gasteiger partial charge in [-0.2, -0.15) is 0 Å². The van der Waals surface area contributed by atoms with Crippen molar-refractivity contribution in [1.82, 2.24) is 0 Å². The van der Waals surface area contributed by atoms with E-state index in [-0.39, 0.29) is 6.42 Å². The maximum Gasteiger partial charge on any atom is 0.331 e. The Kier molecular flexibility index (Phi) is 7.86. The lowest BCUT2D eigenvalue weighted by Gasteiger charge is -2.69. The highest BCUT2D eigenvalue weighted by molar-refractivity contribution is 5.86. The quantitative estimate of drug-likeness (QED) is 0.299. The van der Waals surface area contributed by atoms with E-state index in [1.165, 1.54) is 25.7 Å². The molecular weight excluding hydrogens is 624 g/mol. The van der Waals surface area contributed by atoms with Crippen LogP contribution in [0.25, 0.3) is 0 Å². The number of carbonyl (C=O) groups is 4. The SMILES string of the molecule is CC[C@@H](C)C(=O)O[C@H]1C(C)(C)[C@H](CC(=O)OC)[C@@]2(C)[C@H]3CC[C@]4(C)C(=CC(=O)O[C@H]4c4ccoc4)[C@]34O[C@@]2(O)[C@@]1(O)[C@H]4OC(=O)C(C)C. The zero-order chi connectivity index (χ0) is 35.4. The van der Waals surface area contributed by atoms with Gasteiger partial charge in [0.1, 0.15) is 17.8 Å². The number of methoxy groups -OCH3 is 1. The lowest BCUT2D eigenvalue weighted by atomic mass is 9.36. The van der Waals surface area contributed by atoms with Gasteiger partial charge in [0.25, 0.3) is 0 Å². The van der Waals surface area contributed by atoms with Crippen molar-refractivity contribution in [2.75, 3.05) is 7.11 Å². The highest BCUT2D eigenvalue weighted by atomic mass is 16.7. The molecule has 0 amide bonds. The Labute approximate surface area is 280 Å². The van der Waals surface area contributed by atoms with Crippen molar-refractivity contribution in [2.45, 2.75) is 116 Å². The first-order valence-corrected chi connectivity index (χ1v) is 16.9. The maximum atomic E-state index is 13.6. The van der Waals surface area contributed by atoms with Crippen LogP contribution >= 0.6 is 0 Å². The van der Waals surface area contributed by atoms with E-state index < -0.39 is 99.1 Å². The standard InChI is InChI=1S/C36H48O12/c1-10-19(4)28(40)47-29-31(5,6)22(15-24(37)43-9)33(8)21-11-13-32(7)23(16-25(38)45-26(32)20-12-14-44-17-20)34(21)30(46-27(39)18(2)3)35(29,41)36(33,42)48-34/h12,14,16-19,21-22,26,29-30,41-42H,10-11,13,15H2,1-9H3/t19-,21-,22+,26+,29+,30+,32-,33-,34-,35+,36-/m1/s1. The van der Waals surface area contributed by atoms with Crippen molar-refractivity contribution in [3.05, 3.63) is 35.8 Å². The van der Waals surface area contributed by atoms with E-state index in [9.17, 15) is 29.4 Å². The van der Waals surface area contributed by atoms with Gasteiger partial charge < -0.3 is 38.3 Å². The van der Waals surface area contributed by atoms with Crippen molar-refractivity contribution < 1.29 is 57.5 Å². The molecule has 5 aliphatic rings. The highest BCUT2D eigenvalue weighted by Crippen LogP contribution is 2.82. The summed E-state index contributed by atoms with van der Waals surface area (Å²) in [6.45, 7) is 14.0. The second kappa shape index (κ2) is 10.9. The summed E-state index contributed by atoms with van der Waals surface area (Å²) < 4.78 is 35.8. The topological polar surface area (TPSA) is 168 Å². The van der Waals surface area contributed by atoms with Crippen LogP contribution in [-0.4, -0.2) is 70.4 Å². The van der Waals surface area contributed by atoms with Crippen molar-refractivity contribution in [2.24, 2.45) is 39.9 Å². The van der Waals surface area contributed by atoms with Gasteiger partial charge in [-0.3, -0.25) is 14.4 Å². The molecule has 2 saturated carbocycles. The molecule has 2 bridgehead atoms. The molecule has 12 nitrogen and oxygen atoms in total. The number of rotatable bonds is 8. The minimum atomic E-state index is -2.55. The summed E-state index contributed by atoms with van der Waals surface area (Å²) in [7, 11) is 1.27. The number of hydrogen-bond acceptors (Lipinski definition) is 12. The zero-order valence-corrected chi connectivity index (χ0v) is 29.2. The van der Waals surface area contributed by atoms with Gasteiger partial charge >= 0.3 is 23.9 Å². The Morgan fingerprint density at radius 3 is 2.29 bits per heavy atom. The van der Waals surface area contributed by atoms with E-state index >= 15 is 0 Å². The van der Waals surface area contributed by atoms with E-state index in [1.54, 1.807) is 47.6 Å². The van der Waals surface area contributed by atoms with Crippen LogP contribution in [0.3, 0.4) is 0 Å². The lowest BCUT2D eigenvalue weighted by Crippen LogP contribution is -2.84. The molecule has 4 heterocycles. The second-order valence-corrected chi connectivity index (χ2v) is 15.8. The number of aliphatic hydroxyl groups is 2. The Hall–Kier alpha value is -3.22. The van der Waals surface area contributed by atoms with Crippen LogP contribution in [0.1, 0.15) is 92.7 Å². The molecule has 2 saturated heterocycles.